The van der Waals surface area contributed by atoms with Crippen molar-refractivity contribution in [2.75, 3.05) is 25.0 Å². The van der Waals surface area contributed by atoms with Gasteiger partial charge in [0.15, 0.2) is 0 Å². The number of primary amides is 1. The number of piperidine rings is 1. The van der Waals surface area contributed by atoms with Crippen LogP contribution in [0.1, 0.15) is 23.2 Å². The maximum atomic E-state index is 13.6. The van der Waals surface area contributed by atoms with E-state index >= 15 is 0 Å². The first-order valence-electron chi connectivity index (χ1n) is 6.21. The number of carbonyl (C=O) groups excluding carboxylic acids is 1. The fourth-order valence-electron chi connectivity index (χ4n) is 2.17. The number of carbonyl (C=O) groups is 1. The minimum Gasteiger partial charge on any atom is -0.382 e. The molecular weight excluding hydrogens is 233 g/mol. The predicted octanol–water partition coefficient (Wildman–Crippen LogP) is 1.34. The number of anilines is 1. The number of hydrogen-bond donors (Lipinski definition) is 3. The lowest BCUT2D eigenvalue weighted by molar-refractivity contribution is 0.100. The van der Waals surface area contributed by atoms with Gasteiger partial charge in [0.05, 0.1) is 5.69 Å². The molecule has 1 fully saturated rings. The zero-order valence-corrected chi connectivity index (χ0v) is 10.2. The summed E-state index contributed by atoms with van der Waals surface area (Å²) < 4.78 is 13.6. The first-order chi connectivity index (χ1) is 8.66. The zero-order chi connectivity index (χ0) is 13.0. The number of nitrogens with one attached hydrogen (secondary N) is 2. The van der Waals surface area contributed by atoms with E-state index in [2.05, 4.69) is 10.6 Å². The van der Waals surface area contributed by atoms with Crippen molar-refractivity contribution in [2.24, 2.45) is 11.7 Å². The molecule has 4 N–H and O–H groups in total. The number of hydrogen-bond acceptors (Lipinski definition) is 3. The van der Waals surface area contributed by atoms with Gasteiger partial charge in [-0.15, -0.1) is 0 Å². The van der Waals surface area contributed by atoms with Crippen molar-refractivity contribution >= 4 is 11.6 Å². The molecule has 4 nitrogen and oxygen atoms in total. The van der Waals surface area contributed by atoms with Gasteiger partial charge in [-0.2, -0.15) is 0 Å². The summed E-state index contributed by atoms with van der Waals surface area (Å²) in [4.78, 5) is 11.0. The molecule has 0 spiro atoms. The topological polar surface area (TPSA) is 67.2 Å². The normalized spacial score (nSPS) is 19.5. The van der Waals surface area contributed by atoms with Crippen molar-refractivity contribution in [1.29, 1.82) is 0 Å². The van der Waals surface area contributed by atoms with E-state index < -0.39 is 5.91 Å². The quantitative estimate of drug-likeness (QED) is 0.756. The van der Waals surface area contributed by atoms with Gasteiger partial charge in [-0.1, -0.05) is 0 Å². The van der Waals surface area contributed by atoms with Gasteiger partial charge in [-0.25, -0.2) is 4.39 Å². The highest BCUT2D eigenvalue weighted by Crippen LogP contribution is 2.18. The molecule has 98 valence electrons. The highest BCUT2D eigenvalue weighted by atomic mass is 19.1. The smallest absolute Gasteiger partial charge is 0.248 e. The molecule has 0 radical (unpaired) electrons. The summed E-state index contributed by atoms with van der Waals surface area (Å²) >= 11 is 0. The highest BCUT2D eigenvalue weighted by molar-refractivity contribution is 5.93. The molecule has 5 heteroatoms. The van der Waals surface area contributed by atoms with Gasteiger partial charge in [-0.05, 0) is 50.0 Å². The average molecular weight is 251 g/mol. The molecule has 1 unspecified atom stereocenters. The second kappa shape index (κ2) is 5.82. The van der Waals surface area contributed by atoms with E-state index in [1.54, 1.807) is 0 Å². The van der Waals surface area contributed by atoms with E-state index in [0.29, 0.717) is 23.7 Å². The minimum atomic E-state index is -0.544. The molecule has 1 heterocycles. The Bertz CT molecular complexity index is 430. The molecular formula is C13H18FN3O. The Labute approximate surface area is 106 Å². The molecule has 0 aliphatic carbocycles. The third-order valence-corrected chi connectivity index (χ3v) is 3.23. The van der Waals surface area contributed by atoms with E-state index in [9.17, 15) is 9.18 Å². The van der Waals surface area contributed by atoms with Crippen LogP contribution in [-0.4, -0.2) is 25.5 Å². The summed E-state index contributed by atoms with van der Waals surface area (Å²) in [6.07, 6.45) is 2.29. The van der Waals surface area contributed by atoms with Crippen LogP contribution in [-0.2, 0) is 0 Å². The standard InChI is InChI=1S/C13H18FN3O/c14-11-4-3-10(13(15)18)6-12(11)17-8-9-2-1-5-16-7-9/h3-4,6,9,16-17H,1-2,5,7-8H2,(H2,15,18). The van der Waals surface area contributed by atoms with Crippen LogP contribution in [0.5, 0.6) is 0 Å². The molecule has 1 aliphatic rings. The molecule has 1 amide bonds. The van der Waals surface area contributed by atoms with Gasteiger partial charge < -0.3 is 16.4 Å². The molecule has 2 rings (SSSR count). The summed E-state index contributed by atoms with van der Waals surface area (Å²) in [5.41, 5.74) is 5.84. The maximum Gasteiger partial charge on any atom is 0.248 e. The second-order valence-corrected chi connectivity index (χ2v) is 4.65. The minimum absolute atomic E-state index is 0.320. The number of amides is 1. The lowest BCUT2D eigenvalue weighted by Gasteiger charge is -2.23. The van der Waals surface area contributed by atoms with Crippen LogP contribution in [0.15, 0.2) is 18.2 Å². The molecule has 18 heavy (non-hydrogen) atoms. The Morgan fingerprint density at radius 2 is 2.39 bits per heavy atom. The van der Waals surface area contributed by atoms with Crippen molar-refractivity contribution < 1.29 is 9.18 Å². The number of halogens is 1. The van der Waals surface area contributed by atoms with Crippen molar-refractivity contribution in [2.45, 2.75) is 12.8 Å². The summed E-state index contributed by atoms with van der Waals surface area (Å²) in [5, 5.41) is 6.36. The Morgan fingerprint density at radius 1 is 1.56 bits per heavy atom. The zero-order valence-electron chi connectivity index (χ0n) is 10.2. The van der Waals surface area contributed by atoms with Gasteiger partial charge in [-0.3, -0.25) is 4.79 Å². The summed E-state index contributed by atoms with van der Waals surface area (Å²) in [6, 6.07) is 4.13. The van der Waals surface area contributed by atoms with E-state index in [-0.39, 0.29) is 5.82 Å². The van der Waals surface area contributed by atoms with Crippen LogP contribution in [0, 0.1) is 11.7 Å². The Balaban J connectivity index is 1.99. The molecule has 0 bridgehead atoms. The number of benzene rings is 1. The molecule has 1 aromatic rings. The van der Waals surface area contributed by atoms with E-state index in [1.165, 1.54) is 18.2 Å². The highest BCUT2D eigenvalue weighted by Gasteiger charge is 2.14. The Morgan fingerprint density at radius 3 is 3.06 bits per heavy atom. The lowest BCUT2D eigenvalue weighted by atomic mass is 9.99. The summed E-state index contributed by atoms with van der Waals surface area (Å²) in [5.74, 6) is -0.406. The second-order valence-electron chi connectivity index (χ2n) is 4.65. The fraction of sp³-hybridized carbons (Fsp3) is 0.462. The molecule has 0 aromatic heterocycles. The summed E-state index contributed by atoms with van der Waals surface area (Å²) in [7, 11) is 0. The monoisotopic (exact) mass is 251 g/mol. The molecule has 1 aromatic carbocycles. The Kier molecular flexibility index (Phi) is 4.15. The predicted molar refractivity (Wildman–Crippen MR) is 69.0 cm³/mol. The van der Waals surface area contributed by atoms with Crippen LogP contribution >= 0.6 is 0 Å². The fourth-order valence-corrected chi connectivity index (χ4v) is 2.17. The SMILES string of the molecule is NC(=O)c1ccc(F)c(NCC2CCCNC2)c1. The van der Waals surface area contributed by atoms with Gasteiger partial charge >= 0.3 is 0 Å². The lowest BCUT2D eigenvalue weighted by Crippen LogP contribution is -2.33. The van der Waals surface area contributed by atoms with Gasteiger partial charge in [0.2, 0.25) is 5.91 Å². The van der Waals surface area contributed by atoms with Gasteiger partial charge in [0.25, 0.3) is 0 Å². The number of rotatable bonds is 4. The third-order valence-electron chi connectivity index (χ3n) is 3.23. The van der Waals surface area contributed by atoms with Crippen LogP contribution in [0.4, 0.5) is 10.1 Å². The van der Waals surface area contributed by atoms with E-state index in [4.69, 9.17) is 5.73 Å². The van der Waals surface area contributed by atoms with E-state index in [1.807, 2.05) is 0 Å². The van der Waals surface area contributed by atoms with Crippen LogP contribution in [0.3, 0.4) is 0 Å². The first-order valence-corrected chi connectivity index (χ1v) is 6.21. The molecule has 1 saturated heterocycles. The van der Waals surface area contributed by atoms with Crippen molar-refractivity contribution in [3.8, 4) is 0 Å². The van der Waals surface area contributed by atoms with Crippen molar-refractivity contribution in [3.63, 3.8) is 0 Å². The van der Waals surface area contributed by atoms with Crippen molar-refractivity contribution in [1.82, 2.24) is 5.32 Å². The molecule has 0 saturated carbocycles. The van der Waals surface area contributed by atoms with Crippen LogP contribution in [0.2, 0.25) is 0 Å². The van der Waals surface area contributed by atoms with Crippen LogP contribution in [0.25, 0.3) is 0 Å². The maximum absolute atomic E-state index is 13.6. The van der Waals surface area contributed by atoms with Crippen molar-refractivity contribution in [3.05, 3.63) is 29.6 Å². The molecule has 1 atom stereocenters. The number of nitrogens with two attached hydrogens (primary N) is 1. The van der Waals surface area contributed by atoms with Crippen LogP contribution < -0.4 is 16.4 Å². The third kappa shape index (κ3) is 3.20. The van der Waals surface area contributed by atoms with E-state index in [0.717, 1.165) is 25.9 Å². The van der Waals surface area contributed by atoms with Gasteiger partial charge in [0.1, 0.15) is 5.82 Å². The average Bonchev–Trinajstić information content (AvgIpc) is 2.38. The summed E-state index contributed by atoms with van der Waals surface area (Å²) in [6.45, 7) is 2.71. The van der Waals surface area contributed by atoms with Gasteiger partial charge in [0, 0.05) is 12.1 Å². The first kappa shape index (κ1) is 12.8. The largest absolute Gasteiger partial charge is 0.382 e. The molecule has 1 aliphatic heterocycles. The Hall–Kier alpha value is -1.62.